The Morgan fingerprint density at radius 2 is 1.71 bits per heavy atom. The molecule has 0 aromatic heterocycles. The molecule has 8 heteroatoms. The van der Waals surface area contributed by atoms with Crippen LogP contribution in [0.25, 0.3) is 5.76 Å². The number of fused-ring (bicyclic) bond motifs is 2. The summed E-state index contributed by atoms with van der Waals surface area (Å²) in [6, 6.07) is 5.76. The van der Waals surface area contributed by atoms with E-state index in [4.69, 9.17) is 9.47 Å². The van der Waals surface area contributed by atoms with Gasteiger partial charge in [-0.15, -0.1) is 11.8 Å². The van der Waals surface area contributed by atoms with Gasteiger partial charge in [0.2, 0.25) is 11.6 Å². The number of piperidine rings is 2. The summed E-state index contributed by atoms with van der Waals surface area (Å²) in [6.07, 6.45) is 4.56. The van der Waals surface area contributed by atoms with E-state index in [0.717, 1.165) is 37.2 Å². The minimum Gasteiger partial charge on any atom is -0.484 e. The van der Waals surface area contributed by atoms with E-state index < -0.39 is 22.8 Å². The van der Waals surface area contributed by atoms with Gasteiger partial charge in [0.25, 0.3) is 0 Å². The molecule has 0 saturated carbocycles. The first-order valence-corrected chi connectivity index (χ1v) is 13.2. The smallest absolute Gasteiger partial charge is 0.410 e. The van der Waals surface area contributed by atoms with E-state index in [2.05, 4.69) is 4.90 Å². The number of hydrogen-bond donors (Lipinski definition) is 0. The molecule has 2 fully saturated rings. The lowest BCUT2D eigenvalue weighted by Crippen LogP contribution is -2.51. The average molecular weight is 485 g/mol. The van der Waals surface area contributed by atoms with Gasteiger partial charge in [-0.3, -0.25) is 9.59 Å². The van der Waals surface area contributed by atoms with Crippen molar-refractivity contribution in [2.75, 3.05) is 36.8 Å². The lowest BCUT2D eigenvalue weighted by Gasteiger charge is -2.45. The molecule has 182 valence electrons. The van der Waals surface area contributed by atoms with Crippen LogP contribution in [0, 0.1) is 0 Å². The quantitative estimate of drug-likeness (QED) is 0.537. The molecule has 0 radical (unpaired) electrons. The van der Waals surface area contributed by atoms with Crippen molar-refractivity contribution in [1.82, 2.24) is 4.90 Å². The summed E-state index contributed by atoms with van der Waals surface area (Å²) >= 11 is 1.42. The van der Waals surface area contributed by atoms with E-state index >= 15 is 0 Å². The standard InChI is InChI=1S/C26H32N2O5S/c1-25(2,3)33-24(31)28-13-9-26(10-14-28)16-34-23-21(30)20(29)18-8-7-17(15-19(18)22(23)32-26)27-11-5-4-6-12-27/h7-8,15H,4-6,9-14,16H2,1-3H3. The molecule has 2 saturated heterocycles. The van der Waals surface area contributed by atoms with E-state index in [9.17, 15) is 14.4 Å². The van der Waals surface area contributed by atoms with Crippen molar-refractivity contribution in [1.29, 1.82) is 0 Å². The number of carbonyl (C=O) groups is 3. The maximum Gasteiger partial charge on any atom is 0.410 e. The number of Topliss-reactive ketones (excluding diaryl/α,β-unsaturated/α-hetero) is 2. The molecule has 1 spiro atoms. The maximum atomic E-state index is 12.9. The summed E-state index contributed by atoms with van der Waals surface area (Å²) in [5.41, 5.74) is 1.22. The van der Waals surface area contributed by atoms with Crippen LogP contribution in [0.5, 0.6) is 0 Å². The van der Waals surface area contributed by atoms with Crippen LogP contribution in [0.2, 0.25) is 0 Å². The first-order valence-electron chi connectivity index (χ1n) is 12.2. The van der Waals surface area contributed by atoms with Crippen molar-refractivity contribution in [3.8, 4) is 0 Å². The van der Waals surface area contributed by atoms with Gasteiger partial charge >= 0.3 is 6.09 Å². The predicted octanol–water partition coefficient (Wildman–Crippen LogP) is 4.64. The van der Waals surface area contributed by atoms with Crippen LogP contribution in [0.1, 0.15) is 68.8 Å². The number of anilines is 1. The second-order valence-electron chi connectivity index (χ2n) is 10.6. The van der Waals surface area contributed by atoms with Crippen molar-refractivity contribution in [3.05, 3.63) is 34.2 Å². The Balaban J connectivity index is 1.39. The third-order valence-corrected chi connectivity index (χ3v) is 8.29. The number of carbonyl (C=O) groups excluding carboxylic acids is 3. The van der Waals surface area contributed by atoms with Crippen molar-refractivity contribution in [2.45, 2.75) is 64.1 Å². The Hall–Kier alpha value is -2.48. The highest BCUT2D eigenvalue weighted by atomic mass is 32.2. The van der Waals surface area contributed by atoms with Crippen LogP contribution in [0.4, 0.5) is 10.5 Å². The number of likely N-dealkylation sites (tertiary alicyclic amines) is 1. The Morgan fingerprint density at radius 1 is 1.00 bits per heavy atom. The topological polar surface area (TPSA) is 76.2 Å². The molecule has 1 aliphatic carbocycles. The highest BCUT2D eigenvalue weighted by molar-refractivity contribution is 8.04. The zero-order valence-electron chi connectivity index (χ0n) is 20.1. The number of rotatable bonds is 1. The number of hydrogen-bond acceptors (Lipinski definition) is 7. The molecular formula is C26H32N2O5S. The predicted molar refractivity (Wildman–Crippen MR) is 132 cm³/mol. The van der Waals surface area contributed by atoms with Crippen LogP contribution < -0.4 is 4.90 Å². The van der Waals surface area contributed by atoms with Crippen molar-refractivity contribution >= 4 is 40.9 Å². The molecular weight excluding hydrogens is 452 g/mol. The van der Waals surface area contributed by atoms with Crippen LogP contribution in [0.15, 0.2) is 23.1 Å². The van der Waals surface area contributed by atoms with E-state index in [-0.39, 0.29) is 6.09 Å². The lowest BCUT2D eigenvalue weighted by atomic mass is 9.89. The van der Waals surface area contributed by atoms with E-state index in [1.54, 1.807) is 11.0 Å². The minimum absolute atomic E-state index is 0.305. The normalized spacial score (nSPS) is 22.3. The molecule has 1 aromatic rings. The lowest BCUT2D eigenvalue weighted by molar-refractivity contribution is -0.111. The summed E-state index contributed by atoms with van der Waals surface area (Å²) in [7, 11) is 0. The molecule has 5 rings (SSSR count). The van der Waals surface area contributed by atoms with E-state index in [1.165, 1.54) is 18.2 Å². The number of ketones is 2. The molecule has 3 heterocycles. The molecule has 1 amide bonds. The number of thioether (sulfide) groups is 1. The number of amides is 1. The third kappa shape index (κ3) is 4.32. The van der Waals surface area contributed by atoms with Crippen LogP contribution >= 0.6 is 11.8 Å². The van der Waals surface area contributed by atoms with Crippen molar-refractivity contribution in [3.63, 3.8) is 0 Å². The van der Waals surface area contributed by atoms with Gasteiger partial charge in [0.1, 0.15) is 21.9 Å². The van der Waals surface area contributed by atoms with Crippen LogP contribution in [0.3, 0.4) is 0 Å². The largest absolute Gasteiger partial charge is 0.484 e. The number of allylic oxidation sites excluding steroid dienone is 1. The molecule has 0 bridgehead atoms. The van der Waals surface area contributed by atoms with E-state index in [0.29, 0.717) is 47.9 Å². The molecule has 34 heavy (non-hydrogen) atoms. The molecule has 4 aliphatic rings. The average Bonchev–Trinajstić information content (AvgIpc) is 2.82. The Morgan fingerprint density at radius 3 is 2.38 bits per heavy atom. The first kappa shape index (κ1) is 23.3. The number of nitrogens with zero attached hydrogens (tertiary/aromatic N) is 2. The summed E-state index contributed by atoms with van der Waals surface area (Å²) in [4.78, 5) is 42.7. The highest BCUT2D eigenvalue weighted by Gasteiger charge is 2.47. The first-order chi connectivity index (χ1) is 16.2. The second kappa shape index (κ2) is 8.63. The van der Waals surface area contributed by atoms with Gasteiger partial charge < -0.3 is 19.3 Å². The minimum atomic E-state index is -0.534. The maximum absolute atomic E-state index is 12.9. The monoisotopic (exact) mass is 484 g/mol. The molecule has 0 atom stereocenters. The van der Waals surface area contributed by atoms with Gasteiger partial charge in [0, 0.05) is 61.6 Å². The van der Waals surface area contributed by atoms with Crippen molar-refractivity contribution < 1.29 is 23.9 Å². The fourth-order valence-corrected chi connectivity index (χ4v) is 6.33. The zero-order valence-corrected chi connectivity index (χ0v) is 21.0. The molecule has 7 nitrogen and oxygen atoms in total. The zero-order chi connectivity index (χ0) is 24.1. The summed E-state index contributed by atoms with van der Waals surface area (Å²) in [5, 5.41) is 0. The van der Waals surface area contributed by atoms with Gasteiger partial charge in [-0.1, -0.05) is 0 Å². The molecule has 0 N–H and O–H groups in total. The summed E-state index contributed by atoms with van der Waals surface area (Å²) in [5.74, 6) is 0.208. The van der Waals surface area contributed by atoms with Crippen LogP contribution in [-0.2, 0) is 14.3 Å². The number of ether oxygens (including phenoxy) is 2. The van der Waals surface area contributed by atoms with Crippen molar-refractivity contribution in [2.24, 2.45) is 0 Å². The highest BCUT2D eigenvalue weighted by Crippen LogP contribution is 2.48. The Labute approximate surface area is 204 Å². The fourth-order valence-electron chi connectivity index (χ4n) is 5.07. The van der Waals surface area contributed by atoms with Gasteiger partial charge in [-0.2, -0.15) is 0 Å². The SMILES string of the molecule is CC(C)(C)OC(=O)N1CCC2(CC1)CSC1=C(O2)c2cc(N3CCCCC3)ccc2C(=O)C1=O. The summed E-state index contributed by atoms with van der Waals surface area (Å²) < 4.78 is 12.2. The van der Waals surface area contributed by atoms with Gasteiger partial charge in [-0.25, -0.2) is 4.79 Å². The molecule has 3 aliphatic heterocycles. The Kier molecular flexibility index (Phi) is 5.91. The Bertz CT molecular complexity index is 1060. The van der Waals surface area contributed by atoms with E-state index in [1.807, 2.05) is 32.9 Å². The van der Waals surface area contributed by atoms with Gasteiger partial charge in [-0.05, 0) is 58.2 Å². The number of benzene rings is 1. The van der Waals surface area contributed by atoms with Gasteiger partial charge in [0.15, 0.2) is 0 Å². The third-order valence-electron chi connectivity index (χ3n) is 6.96. The fraction of sp³-hybridized carbons (Fsp3) is 0.577. The van der Waals surface area contributed by atoms with Gasteiger partial charge in [0.05, 0.1) is 0 Å². The summed E-state index contributed by atoms with van der Waals surface area (Å²) in [6.45, 7) is 8.65. The van der Waals surface area contributed by atoms with Crippen LogP contribution in [-0.4, -0.2) is 65.7 Å². The molecule has 1 aromatic carbocycles. The second-order valence-corrected chi connectivity index (χ2v) is 11.6. The molecule has 0 unspecified atom stereocenters.